The molecule has 2 aromatic carbocycles. The number of aromatic nitrogens is 3. The van der Waals surface area contributed by atoms with Gasteiger partial charge in [-0.25, -0.2) is 8.78 Å². The van der Waals surface area contributed by atoms with Crippen molar-refractivity contribution in [2.45, 2.75) is 29.8 Å². The molecule has 8 heteroatoms. The van der Waals surface area contributed by atoms with Crippen molar-refractivity contribution in [1.82, 2.24) is 19.7 Å². The summed E-state index contributed by atoms with van der Waals surface area (Å²) >= 11 is 1.58. The van der Waals surface area contributed by atoms with Gasteiger partial charge < -0.3 is 9.47 Å². The zero-order valence-electron chi connectivity index (χ0n) is 15.9. The lowest BCUT2D eigenvalue weighted by Gasteiger charge is -2.24. The van der Waals surface area contributed by atoms with Gasteiger partial charge >= 0.3 is 0 Å². The first-order valence-electron chi connectivity index (χ1n) is 9.36. The maximum absolute atomic E-state index is 13.6. The van der Waals surface area contributed by atoms with Crippen LogP contribution in [0.2, 0.25) is 0 Å². The van der Waals surface area contributed by atoms with Crippen LogP contribution in [0.1, 0.15) is 40.6 Å². The summed E-state index contributed by atoms with van der Waals surface area (Å²) in [5, 5.41) is 9.40. The molecule has 1 saturated heterocycles. The summed E-state index contributed by atoms with van der Waals surface area (Å²) in [6.07, 6.45) is 1.57. The Morgan fingerprint density at radius 3 is 2.69 bits per heavy atom. The molecule has 1 aromatic heterocycles. The Morgan fingerprint density at radius 1 is 1.14 bits per heavy atom. The molecule has 1 aliphatic heterocycles. The Balaban J connectivity index is 1.52. The van der Waals surface area contributed by atoms with Gasteiger partial charge in [0.15, 0.2) is 22.6 Å². The molecule has 0 radical (unpaired) electrons. The minimum Gasteiger partial charge on any atom is -0.328 e. The highest BCUT2D eigenvalue weighted by atomic mass is 32.2. The topological polar surface area (TPSA) is 51.0 Å². The van der Waals surface area contributed by atoms with Gasteiger partial charge in [0.2, 0.25) is 0 Å². The number of rotatable bonds is 5. The highest BCUT2D eigenvalue weighted by molar-refractivity contribution is 7.98. The predicted molar refractivity (Wildman–Crippen MR) is 106 cm³/mol. The molecule has 3 aromatic rings. The van der Waals surface area contributed by atoms with E-state index in [0.717, 1.165) is 35.9 Å². The summed E-state index contributed by atoms with van der Waals surface area (Å²) < 4.78 is 28.7. The zero-order chi connectivity index (χ0) is 20.4. The van der Waals surface area contributed by atoms with E-state index in [4.69, 9.17) is 0 Å². The molecule has 0 bridgehead atoms. The number of hydrogen-bond acceptors (Lipinski definition) is 4. The number of amides is 1. The molecule has 5 nitrogen and oxygen atoms in total. The Bertz CT molecular complexity index is 1020. The number of hydrogen-bond donors (Lipinski definition) is 0. The lowest BCUT2D eigenvalue weighted by atomic mass is 10.1. The summed E-state index contributed by atoms with van der Waals surface area (Å²) in [5.74, 6) is -0.839. The lowest BCUT2D eigenvalue weighted by Crippen LogP contribution is -2.32. The van der Waals surface area contributed by atoms with Crippen molar-refractivity contribution in [3.8, 4) is 0 Å². The quantitative estimate of drug-likeness (QED) is 0.582. The van der Waals surface area contributed by atoms with Crippen LogP contribution in [0.3, 0.4) is 0 Å². The number of carbonyl (C=O) groups is 1. The first-order chi connectivity index (χ1) is 14.0. The van der Waals surface area contributed by atoms with Gasteiger partial charge in [-0.15, -0.1) is 10.2 Å². The SMILES string of the molecule is Cn1c(SCc2ccccc2)nnc1[C@H]1CCCN1C(=O)c1ccc(F)c(F)c1. The normalized spacial score (nSPS) is 16.4. The highest BCUT2D eigenvalue weighted by Gasteiger charge is 2.34. The molecule has 29 heavy (non-hydrogen) atoms. The minimum absolute atomic E-state index is 0.136. The van der Waals surface area contributed by atoms with Crippen molar-refractivity contribution in [2.24, 2.45) is 7.05 Å². The van der Waals surface area contributed by atoms with Crippen LogP contribution in [0, 0.1) is 11.6 Å². The monoisotopic (exact) mass is 414 g/mol. The Kier molecular flexibility index (Phi) is 5.62. The van der Waals surface area contributed by atoms with E-state index in [-0.39, 0.29) is 17.5 Å². The van der Waals surface area contributed by atoms with Gasteiger partial charge in [0.1, 0.15) is 0 Å². The average Bonchev–Trinajstić information content (AvgIpc) is 3.35. The van der Waals surface area contributed by atoms with Gasteiger partial charge in [-0.3, -0.25) is 4.79 Å². The summed E-state index contributed by atoms with van der Waals surface area (Å²) in [5.41, 5.74) is 1.33. The van der Waals surface area contributed by atoms with Crippen LogP contribution in [0.5, 0.6) is 0 Å². The molecule has 150 valence electrons. The number of likely N-dealkylation sites (tertiary alicyclic amines) is 1. The van der Waals surface area contributed by atoms with E-state index in [1.54, 1.807) is 16.7 Å². The Labute approximate surface area is 171 Å². The molecule has 4 rings (SSSR count). The zero-order valence-corrected chi connectivity index (χ0v) is 16.7. The summed E-state index contributed by atoms with van der Waals surface area (Å²) in [6.45, 7) is 0.543. The highest BCUT2D eigenvalue weighted by Crippen LogP contribution is 2.34. The van der Waals surface area contributed by atoms with Crippen molar-refractivity contribution >= 4 is 17.7 Å². The molecule has 0 saturated carbocycles. The Hall–Kier alpha value is -2.74. The molecular formula is C21H20F2N4OS. The number of carbonyl (C=O) groups excluding carboxylic acids is 1. The molecule has 0 spiro atoms. The number of halogens is 2. The van der Waals surface area contributed by atoms with Crippen LogP contribution >= 0.6 is 11.8 Å². The molecule has 0 N–H and O–H groups in total. The molecule has 0 unspecified atom stereocenters. The average molecular weight is 414 g/mol. The fourth-order valence-corrected chi connectivity index (χ4v) is 4.41. The fourth-order valence-electron chi connectivity index (χ4n) is 3.54. The number of thioether (sulfide) groups is 1. The lowest BCUT2D eigenvalue weighted by molar-refractivity contribution is 0.0727. The van der Waals surface area contributed by atoms with E-state index >= 15 is 0 Å². The maximum atomic E-state index is 13.6. The van der Waals surface area contributed by atoms with E-state index in [2.05, 4.69) is 22.3 Å². The number of benzene rings is 2. The smallest absolute Gasteiger partial charge is 0.254 e. The van der Waals surface area contributed by atoms with Gasteiger partial charge in [-0.1, -0.05) is 42.1 Å². The molecule has 1 aliphatic rings. The molecule has 1 atom stereocenters. The van der Waals surface area contributed by atoms with Gasteiger partial charge in [-0.05, 0) is 36.6 Å². The summed E-state index contributed by atoms with van der Waals surface area (Å²) in [4.78, 5) is 14.6. The van der Waals surface area contributed by atoms with Gasteiger partial charge in [-0.2, -0.15) is 0 Å². The van der Waals surface area contributed by atoms with E-state index in [1.807, 2.05) is 29.8 Å². The van der Waals surface area contributed by atoms with Crippen LogP contribution in [-0.4, -0.2) is 32.1 Å². The third-order valence-corrected chi connectivity index (χ3v) is 6.15. The van der Waals surface area contributed by atoms with Crippen LogP contribution < -0.4 is 0 Å². The van der Waals surface area contributed by atoms with E-state index in [0.29, 0.717) is 12.4 Å². The summed E-state index contributed by atoms with van der Waals surface area (Å²) in [6, 6.07) is 13.1. The summed E-state index contributed by atoms with van der Waals surface area (Å²) in [7, 11) is 1.89. The van der Waals surface area contributed by atoms with Crippen molar-refractivity contribution < 1.29 is 13.6 Å². The first-order valence-corrected chi connectivity index (χ1v) is 10.3. The Morgan fingerprint density at radius 2 is 1.93 bits per heavy atom. The van der Waals surface area contributed by atoms with Gasteiger partial charge in [0, 0.05) is 24.9 Å². The molecule has 0 aliphatic carbocycles. The first kappa shape index (κ1) is 19.6. The van der Waals surface area contributed by atoms with Crippen LogP contribution in [0.4, 0.5) is 8.78 Å². The van der Waals surface area contributed by atoms with Crippen molar-refractivity contribution in [3.63, 3.8) is 0 Å². The second kappa shape index (κ2) is 8.32. The van der Waals surface area contributed by atoms with Gasteiger partial charge in [0.05, 0.1) is 6.04 Å². The predicted octanol–water partition coefficient (Wildman–Crippen LogP) is 4.36. The van der Waals surface area contributed by atoms with Crippen molar-refractivity contribution in [1.29, 1.82) is 0 Å². The minimum atomic E-state index is -1.02. The van der Waals surface area contributed by atoms with Crippen molar-refractivity contribution in [2.75, 3.05) is 6.54 Å². The van der Waals surface area contributed by atoms with Crippen LogP contribution in [0.25, 0.3) is 0 Å². The van der Waals surface area contributed by atoms with Crippen LogP contribution in [0.15, 0.2) is 53.7 Å². The standard InChI is InChI=1S/C21H20F2N4OS/c1-26-19(24-25-21(26)29-13-14-6-3-2-4-7-14)18-8-5-11-27(18)20(28)15-9-10-16(22)17(23)12-15/h2-4,6-7,9-10,12,18H,5,8,11,13H2,1H3/t18-/m1/s1. The van der Waals surface area contributed by atoms with E-state index in [9.17, 15) is 13.6 Å². The van der Waals surface area contributed by atoms with Gasteiger partial charge in [0.25, 0.3) is 5.91 Å². The largest absolute Gasteiger partial charge is 0.328 e. The third-order valence-electron chi connectivity index (χ3n) is 5.06. The molecular weight excluding hydrogens is 394 g/mol. The second-order valence-corrected chi connectivity index (χ2v) is 7.90. The maximum Gasteiger partial charge on any atom is 0.254 e. The van der Waals surface area contributed by atoms with Crippen molar-refractivity contribution in [3.05, 3.63) is 77.1 Å². The number of nitrogens with zero attached hydrogens (tertiary/aromatic N) is 4. The molecule has 1 amide bonds. The molecule has 1 fully saturated rings. The van der Waals surface area contributed by atoms with Crippen LogP contribution in [-0.2, 0) is 12.8 Å². The van der Waals surface area contributed by atoms with E-state index < -0.39 is 11.6 Å². The third kappa shape index (κ3) is 4.03. The van der Waals surface area contributed by atoms with E-state index in [1.165, 1.54) is 11.6 Å². The second-order valence-electron chi connectivity index (χ2n) is 6.96. The fraction of sp³-hybridized carbons (Fsp3) is 0.286. The molecule has 2 heterocycles.